The van der Waals surface area contributed by atoms with Crippen LogP contribution in [0.2, 0.25) is 0 Å². The van der Waals surface area contributed by atoms with E-state index in [2.05, 4.69) is 0 Å². The minimum Gasteiger partial charge on any atom is -1.00 e. The Morgan fingerprint density at radius 1 is 1.19 bits per heavy atom. The third-order valence-corrected chi connectivity index (χ3v) is 2.32. The van der Waals surface area contributed by atoms with Gasteiger partial charge in [-0.25, -0.2) is 4.57 Å². The summed E-state index contributed by atoms with van der Waals surface area (Å²) < 4.78 is 3.26. The van der Waals surface area contributed by atoms with Gasteiger partial charge < -0.3 is 24.0 Å². The number of benzene rings is 1. The van der Waals surface area contributed by atoms with Crippen LogP contribution in [0, 0.1) is 0 Å². The summed E-state index contributed by atoms with van der Waals surface area (Å²) in [4.78, 5) is 11.7. The van der Waals surface area contributed by atoms with E-state index >= 15 is 0 Å². The molecule has 3 nitrogen and oxygen atoms in total. The summed E-state index contributed by atoms with van der Waals surface area (Å²) >= 11 is 0. The molecule has 0 bridgehead atoms. The maximum atomic E-state index is 11.7. The summed E-state index contributed by atoms with van der Waals surface area (Å²) in [6.07, 6.45) is 3.55. The second kappa shape index (κ2) is 5.79. The van der Waals surface area contributed by atoms with Crippen molar-refractivity contribution >= 4 is 0 Å². The summed E-state index contributed by atoms with van der Waals surface area (Å²) in [5.74, 6) is 0. The van der Waals surface area contributed by atoms with Gasteiger partial charge in [-0.15, -0.1) is 0 Å². The fraction of sp³-hybridized carbons (Fsp3) is 0.167. The molecule has 2 aromatic rings. The monoisotopic (exact) mass is 328 g/mol. The van der Waals surface area contributed by atoms with Crippen LogP contribution in [0.1, 0.15) is 5.56 Å². The molecule has 0 atom stereocenters. The first-order chi connectivity index (χ1) is 7.27. The smallest absolute Gasteiger partial charge is 0.497 e. The van der Waals surface area contributed by atoms with Gasteiger partial charge in [-0.1, -0.05) is 30.3 Å². The van der Waals surface area contributed by atoms with E-state index in [1.165, 1.54) is 0 Å². The van der Waals surface area contributed by atoms with Crippen LogP contribution in [-0.2, 0) is 13.6 Å². The fourth-order valence-electron chi connectivity index (χ4n) is 1.50. The van der Waals surface area contributed by atoms with Crippen molar-refractivity contribution in [3.8, 4) is 0 Å². The maximum Gasteiger partial charge on any atom is 0.497 e. The van der Waals surface area contributed by atoms with Crippen molar-refractivity contribution in [2.24, 2.45) is 7.05 Å². The van der Waals surface area contributed by atoms with Gasteiger partial charge in [0.05, 0.1) is 19.4 Å². The van der Waals surface area contributed by atoms with Crippen molar-refractivity contribution in [3.05, 3.63) is 64.8 Å². The van der Waals surface area contributed by atoms with Gasteiger partial charge in [0.1, 0.15) is 6.54 Å². The van der Waals surface area contributed by atoms with Crippen LogP contribution in [0.25, 0.3) is 0 Å². The zero-order valence-corrected chi connectivity index (χ0v) is 11.2. The third-order valence-electron chi connectivity index (χ3n) is 2.32. The molecule has 0 spiro atoms. The molecular formula is C12H13IN2O. The van der Waals surface area contributed by atoms with Crippen molar-refractivity contribution in [1.29, 1.82) is 0 Å². The molecule has 4 heteroatoms. The normalized spacial score (nSPS) is 9.56. The Bertz CT molecular complexity index is 508. The van der Waals surface area contributed by atoms with E-state index in [4.69, 9.17) is 0 Å². The summed E-state index contributed by atoms with van der Waals surface area (Å²) in [5, 5.41) is 0. The van der Waals surface area contributed by atoms with E-state index in [1.54, 1.807) is 28.6 Å². The summed E-state index contributed by atoms with van der Waals surface area (Å²) in [6, 6.07) is 11.8. The molecule has 0 N–H and O–H groups in total. The third kappa shape index (κ3) is 2.91. The molecule has 0 aliphatic rings. The predicted molar refractivity (Wildman–Crippen MR) is 57.4 cm³/mol. The summed E-state index contributed by atoms with van der Waals surface area (Å²) in [6.45, 7) is 0.619. The van der Waals surface area contributed by atoms with Crippen LogP contribution in [0.5, 0.6) is 0 Å². The van der Waals surface area contributed by atoms with Gasteiger partial charge >= 0.3 is 5.69 Å². The highest BCUT2D eigenvalue weighted by Crippen LogP contribution is 1.99. The molecule has 0 aliphatic carbocycles. The van der Waals surface area contributed by atoms with Crippen LogP contribution in [0.4, 0.5) is 0 Å². The molecule has 0 amide bonds. The predicted octanol–water partition coefficient (Wildman–Crippen LogP) is -2.27. The summed E-state index contributed by atoms with van der Waals surface area (Å²) in [7, 11) is 1.75. The minimum absolute atomic E-state index is 0. The first-order valence-corrected chi connectivity index (χ1v) is 4.86. The Labute approximate surface area is 111 Å². The van der Waals surface area contributed by atoms with E-state index < -0.39 is 0 Å². The molecule has 0 unspecified atom stereocenters. The molecular weight excluding hydrogens is 315 g/mol. The van der Waals surface area contributed by atoms with Crippen molar-refractivity contribution in [2.75, 3.05) is 0 Å². The molecule has 0 aliphatic heterocycles. The number of halogens is 1. The van der Waals surface area contributed by atoms with E-state index in [1.807, 2.05) is 36.4 Å². The second-order valence-corrected chi connectivity index (χ2v) is 3.50. The number of aryl methyl sites for hydroxylation is 1. The Morgan fingerprint density at radius 3 is 2.56 bits per heavy atom. The Hall–Kier alpha value is -1.17. The molecule has 0 saturated carbocycles. The van der Waals surface area contributed by atoms with Gasteiger partial charge in [0, 0.05) is 6.07 Å². The standard InChI is InChI=1S/C12H13N2O.HI/c1-13-8-5-9-14(12(13)15)10-11-6-3-2-4-7-11;/h2-9H,10H2,1H3;1H/q+1;/p-1. The van der Waals surface area contributed by atoms with E-state index in [0.29, 0.717) is 6.54 Å². The highest BCUT2D eigenvalue weighted by atomic mass is 127. The molecule has 0 saturated heterocycles. The molecule has 84 valence electrons. The minimum atomic E-state index is 0. The van der Waals surface area contributed by atoms with Crippen LogP contribution in [0.3, 0.4) is 0 Å². The van der Waals surface area contributed by atoms with Gasteiger partial charge in [0.2, 0.25) is 0 Å². The van der Waals surface area contributed by atoms with Gasteiger partial charge in [-0.3, -0.25) is 0 Å². The molecule has 0 radical (unpaired) electrons. The molecule has 0 fully saturated rings. The summed E-state index contributed by atoms with van der Waals surface area (Å²) in [5.41, 5.74) is 1.13. The van der Waals surface area contributed by atoms with Crippen LogP contribution >= 0.6 is 0 Å². The van der Waals surface area contributed by atoms with Crippen molar-refractivity contribution < 1.29 is 28.5 Å². The van der Waals surface area contributed by atoms with Crippen LogP contribution in [0.15, 0.2) is 53.6 Å². The molecule has 2 rings (SSSR count). The Morgan fingerprint density at radius 2 is 1.88 bits per heavy atom. The lowest BCUT2D eigenvalue weighted by molar-refractivity contribution is -0.691. The largest absolute Gasteiger partial charge is 1.00 e. The van der Waals surface area contributed by atoms with E-state index in [0.717, 1.165) is 5.56 Å². The quantitative estimate of drug-likeness (QED) is 0.451. The lowest BCUT2D eigenvalue weighted by atomic mass is 10.2. The number of hydrogen-bond acceptors (Lipinski definition) is 1. The second-order valence-electron chi connectivity index (χ2n) is 3.50. The maximum absolute atomic E-state index is 11.7. The van der Waals surface area contributed by atoms with Crippen LogP contribution < -0.4 is 34.2 Å². The highest BCUT2D eigenvalue weighted by Gasteiger charge is 2.06. The SMILES string of the molecule is C[n+]1cccn(Cc2ccccc2)c1=O.[I-]. The molecule has 1 heterocycles. The average molecular weight is 328 g/mol. The van der Waals surface area contributed by atoms with Crippen molar-refractivity contribution in [1.82, 2.24) is 4.57 Å². The Kier molecular flexibility index (Phi) is 4.67. The average Bonchev–Trinajstić information content (AvgIpc) is 2.26. The van der Waals surface area contributed by atoms with Crippen LogP contribution in [-0.4, -0.2) is 4.57 Å². The highest BCUT2D eigenvalue weighted by molar-refractivity contribution is 5.14. The van der Waals surface area contributed by atoms with E-state index in [9.17, 15) is 4.79 Å². The van der Waals surface area contributed by atoms with Gasteiger partial charge in [0.15, 0.2) is 0 Å². The van der Waals surface area contributed by atoms with Gasteiger partial charge in [-0.2, -0.15) is 9.36 Å². The lowest BCUT2D eigenvalue weighted by Gasteiger charge is -1.99. The number of hydrogen-bond donors (Lipinski definition) is 0. The zero-order valence-electron chi connectivity index (χ0n) is 9.01. The first-order valence-electron chi connectivity index (χ1n) is 4.86. The number of aromatic nitrogens is 2. The molecule has 1 aromatic heterocycles. The molecule has 1 aromatic carbocycles. The molecule has 16 heavy (non-hydrogen) atoms. The zero-order chi connectivity index (χ0) is 10.7. The number of nitrogens with zero attached hydrogens (tertiary/aromatic N) is 2. The van der Waals surface area contributed by atoms with Gasteiger partial charge in [0.25, 0.3) is 0 Å². The first kappa shape index (κ1) is 12.9. The van der Waals surface area contributed by atoms with Crippen molar-refractivity contribution in [3.63, 3.8) is 0 Å². The van der Waals surface area contributed by atoms with Crippen molar-refractivity contribution in [2.45, 2.75) is 6.54 Å². The van der Waals surface area contributed by atoms with E-state index in [-0.39, 0.29) is 29.7 Å². The number of rotatable bonds is 2. The van der Waals surface area contributed by atoms with Gasteiger partial charge in [-0.05, 0) is 5.56 Å². The fourth-order valence-corrected chi connectivity index (χ4v) is 1.50. The Balaban J connectivity index is 0.00000128. The lowest BCUT2D eigenvalue weighted by Crippen LogP contribution is -3.00. The topological polar surface area (TPSA) is 25.9 Å².